The van der Waals surface area contributed by atoms with Gasteiger partial charge in [-0.1, -0.05) is 18.2 Å². The minimum absolute atomic E-state index is 0.0754. The number of amides is 1. The second-order valence-electron chi connectivity index (χ2n) is 6.28. The zero-order valence-electron chi connectivity index (χ0n) is 15.1. The second-order valence-corrected chi connectivity index (χ2v) is 8.28. The summed E-state index contributed by atoms with van der Waals surface area (Å²) in [5.41, 5.74) is 1.04. The van der Waals surface area contributed by atoms with E-state index in [1.807, 2.05) is 0 Å². The SMILES string of the molecule is CC(C)N(C)S(=O)(=O)c1cccc(C(=O)NCCc2cccc(F)c2)c1. The first-order valence-corrected chi connectivity index (χ1v) is 9.76. The molecule has 0 aliphatic rings. The third-order valence-electron chi connectivity index (χ3n) is 4.09. The molecule has 26 heavy (non-hydrogen) atoms. The highest BCUT2D eigenvalue weighted by Crippen LogP contribution is 2.18. The average molecular weight is 378 g/mol. The van der Waals surface area contributed by atoms with Gasteiger partial charge in [0, 0.05) is 25.2 Å². The van der Waals surface area contributed by atoms with Crippen LogP contribution in [0.3, 0.4) is 0 Å². The summed E-state index contributed by atoms with van der Waals surface area (Å²) in [6, 6.07) is 11.9. The van der Waals surface area contributed by atoms with Gasteiger partial charge in [0.25, 0.3) is 5.91 Å². The minimum atomic E-state index is -3.65. The van der Waals surface area contributed by atoms with Gasteiger partial charge in [0.2, 0.25) is 10.0 Å². The largest absolute Gasteiger partial charge is 0.352 e. The van der Waals surface area contributed by atoms with E-state index in [0.29, 0.717) is 13.0 Å². The summed E-state index contributed by atoms with van der Waals surface area (Å²) in [6.45, 7) is 3.88. The lowest BCUT2D eigenvalue weighted by molar-refractivity contribution is 0.0954. The van der Waals surface area contributed by atoms with Gasteiger partial charge in [-0.05, 0) is 56.2 Å². The average Bonchev–Trinajstić information content (AvgIpc) is 2.61. The van der Waals surface area contributed by atoms with E-state index in [1.165, 1.54) is 35.6 Å². The molecular formula is C19H23FN2O3S. The molecule has 0 fully saturated rings. The Kier molecular flexibility index (Phi) is 6.50. The molecule has 0 saturated heterocycles. The predicted molar refractivity (Wildman–Crippen MR) is 99.0 cm³/mol. The van der Waals surface area contributed by atoms with Crippen LogP contribution in [-0.2, 0) is 16.4 Å². The smallest absolute Gasteiger partial charge is 0.251 e. The Hall–Kier alpha value is -2.25. The Labute approximate surface area is 153 Å². The zero-order chi connectivity index (χ0) is 19.3. The molecule has 140 valence electrons. The van der Waals surface area contributed by atoms with E-state index in [-0.39, 0.29) is 28.2 Å². The van der Waals surface area contributed by atoms with Gasteiger partial charge in [0.15, 0.2) is 0 Å². The van der Waals surface area contributed by atoms with Crippen LogP contribution in [0.4, 0.5) is 4.39 Å². The van der Waals surface area contributed by atoms with Crippen molar-refractivity contribution in [3.05, 3.63) is 65.5 Å². The number of carbonyl (C=O) groups excluding carboxylic acids is 1. The van der Waals surface area contributed by atoms with E-state index in [9.17, 15) is 17.6 Å². The van der Waals surface area contributed by atoms with Gasteiger partial charge in [0.05, 0.1) is 4.90 Å². The van der Waals surface area contributed by atoms with Crippen LogP contribution in [0.15, 0.2) is 53.4 Å². The molecule has 0 bridgehead atoms. The first-order valence-electron chi connectivity index (χ1n) is 8.32. The summed E-state index contributed by atoms with van der Waals surface area (Å²) in [6.07, 6.45) is 0.484. The summed E-state index contributed by atoms with van der Waals surface area (Å²) >= 11 is 0. The monoisotopic (exact) mass is 378 g/mol. The van der Waals surface area contributed by atoms with Crippen molar-refractivity contribution in [3.63, 3.8) is 0 Å². The van der Waals surface area contributed by atoms with Gasteiger partial charge in [-0.25, -0.2) is 12.8 Å². The number of rotatable bonds is 7. The molecule has 0 heterocycles. The first kappa shape index (κ1) is 20.1. The molecule has 0 aliphatic carbocycles. The van der Waals surface area contributed by atoms with Crippen molar-refractivity contribution < 1.29 is 17.6 Å². The Morgan fingerprint density at radius 3 is 2.50 bits per heavy atom. The fourth-order valence-corrected chi connectivity index (χ4v) is 3.77. The maximum atomic E-state index is 13.1. The summed E-state index contributed by atoms with van der Waals surface area (Å²) < 4.78 is 39.5. The normalized spacial score (nSPS) is 11.8. The summed E-state index contributed by atoms with van der Waals surface area (Å²) in [5.74, 6) is -0.688. The van der Waals surface area contributed by atoms with Gasteiger partial charge in [-0.3, -0.25) is 4.79 Å². The molecule has 7 heteroatoms. The van der Waals surface area contributed by atoms with Crippen LogP contribution in [0.1, 0.15) is 29.8 Å². The fourth-order valence-electron chi connectivity index (χ4n) is 2.36. The number of sulfonamides is 1. The van der Waals surface area contributed by atoms with Crippen LogP contribution in [0.2, 0.25) is 0 Å². The number of hydrogen-bond acceptors (Lipinski definition) is 3. The number of hydrogen-bond donors (Lipinski definition) is 1. The lowest BCUT2D eigenvalue weighted by atomic mass is 10.1. The quantitative estimate of drug-likeness (QED) is 0.806. The molecule has 1 amide bonds. The van der Waals surface area contributed by atoms with E-state index in [4.69, 9.17) is 0 Å². The molecule has 0 aromatic heterocycles. The van der Waals surface area contributed by atoms with Gasteiger partial charge < -0.3 is 5.32 Å². The molecule has 1 N–H and O–H groups in total. The van der Waals surface area contributed by atoms with Crippen molar-refractivity contribution in [1.29, 1.82) is 0 Å². The molecule has 0 aliphatic heterocycles. The maximum absolute atomic E-state index is 13.1. The minimum Gasteiger partial charge on any atom is -0.352 e. The standard InChI is InChI=1S/C19H23FN2O3S/c1-14(2)22(3)26(24,25)18-9-5-7-16(13-18)19(23)21-11-10-15-6-4-8-17(20)12-15/h4-9,12-14H,10-11H2,1-3H3,(H,21,23). The van der Waals surface area contributed by atoms with E-state index >= 15 is 0 Å². The molecule has 0 radical (unpaired) electrons. The van der Waals surface area contributed by atoms with Crippen molar-refractivity contribution in [2.24, 2.45) is 0 Å². The molecule has 2 aromatic carbocycles. The number of nitrogens with zero attached hydrogens (tertiary/aromatic N) is 1. The number of carbonyl (C=O) groups is 1. The predicted octanol–water partition coefficient (Wildman–Crippen LogP) is 2.83. The van der Waals surface area contributed by atoms with Crippen LogP contribution in [0.5, 0.6) is 0 Å². The van der Waals surface area contributed by atoms with E-state index in [2.05, 4.69) is 5.32 Å². The van der Waals surface area contributed by atoms with E-state index in [1.54, 1.807) is 38.1 Å². The molecular weight excluding hydrogens is 355 g/mol. The molecule has 0 saturated carbocycles. The van der Waals surface area contributed by atoms with Crippen molar-refractivity contribution in [3.8, 4) is 0 Å². The third kappa shape index (κ3) is 4.89. The summed E-state index contributed by atoms with van der Waals surface area (Å²) in [7, 11) is -2.15. The number of benzene rings is 2. The van der Waals surface area contributed by atoms with Crippen molar-refractivity contribution in [1.82, 2.24) is 9.62 Å². The molecule has 5 nitrogen and oxygen atoms in total. The Bertz CT molecular complexity index is 882. The van der Waals surface area contributed by atoms with E-state index in [0.717, 1.165) is 5.56 Å². The van der Waals surface area contributed by atoms with Crippen molar-refractivity contribution in [2.45, 2.75) is 31.2 Å². The van der Waals surface area contributed by atoms with Gasteiger partial charge >= 0.3 is 0 Å². The Morgan fingerprint density at radius 1 is 1.15 bits per heavy atom. The highest BCUT2D eigenvalue weighted by Gasteiger charge is 2.23. The molecule has 2 rings (SSSR count). The van der Waals surface area contributed by atoms with Gasteiger partial charge in [0.1, 0.15) is 5.82 Å². The summed E-state index contributed by atoms with van der Waals surface area (Å²) in [5, 5.41) is 2.73. The third-order valence-corrected chi connectivity index (χ3v) is 6.12. The Morgan fingerprint density at radius 2 is 1.85 bits per heavy atom. The molecule has 0 spiro atoms. The first-order chi connectivity index (χ1) is 12.2. The van der Waals surface area contributed by atoms with Crippen LogP contribution in [-0.4, -0.2) is 38.3 Å². The van der Waals surface area contributed by atoms with Crippen LogP contribution < -0.4 is 5.32 Å². The van der Waals surface area contributed by atoms with Crippen LogP contribution in [0, 0.1) is 5.82 Å². The second kappa shape index (κ2) is 8.42. The molecule has 0 unspecified atom stereocenters. The maximum Gasteiger partial charge on any atom is 0.251 e. The van der Waals surface area contributed by atoms with Crippen molar-refractivity contribution in [2.75, 3.05) is 13.6 Å². The van der Waals surface area contributed by atoms with Gasteiger partial charge in [-0.15, -0.1) is 0 Å². The number of halogens is 1. The van der Waals surface area contributed by atoms with Gasteiger partial charge in [-0.2, -0.15) is 4.31 Å². The fraction of sp³-hybridized carbons (Fsp3) is 0.316. The van der Waals surface area contributed by atoms with Crippen molar-refractivity contribution >= 4 is 15.9 Å². The number of nitrogens with one attached hydrogen (secondary N) is 1. The highest BCUT2D eigenvalue weighted by molar-refractivity contribution is 7.89. The van der Waals surface area contributed by atoms with Crippen LogP contribution in [0.25, 0.3) is 0 Å². The lowest BCUT2D eigenvalue weighted by Gasteiger charge is -2.21. The topological polar surface area (TPSA) is 66.5 Å². The zero-order valence-corrected chi connectivity index (χ0v) is 15.9. The summed E-state index contributed by atoms with van der Waals surface area (Å²) in [4.78, 5) is 12.4. The van der Waals surface area contributed by atoms with E-state index < -0.39 is 10.0 Å². The molecule has 0 atom stereocenters. The highest BCUT2D eigenvalue weighted by atomic mass is 32.2. The lowest BCUT2D eigenvalue weighted by Crippen LogP contribution is -2.33. The van der Waals surface area contributed by atoms with Crippen LogP contribution >= 0.6 is 0 Å². The molecule has 2 aromatic rings. The Balaban J connectivity index is 2.06.